The summed E-state index contributed by atoms with van der Waals surface area (Å²) in [5.41, 5.74) is 1.11. The highest BCUT2D eigenvalue weighted by atomic mass is 16.6. The Bertz CT molecular complexity index is 1130. The first kappa shape index (κ1) is 28.9. The Morgan fingerprint density at radius 2 is 1.32 bits per heavy atom. The number of hydrogen-bond donors (Lipinski definition) is 0. The molecule has 202 valence electrons. The molecule has 0 N–H and O–H groups in total. The van der Waals surface area contributed by atoms with Crippen LogP contribution in [0.15, 0.2) is 72.8 Å². The van der Waals surface area contributed by atoms with Crippen LogP contribution in [0, 0.1) is 10.1 Å². The first-order valence-electron chi connectivity index (χ1n) is 13.8. The fourth-order valence-corrected chi connectivity index (χ4v) is 4.41. The van der Waals surface area contributed by atoms with Gasteiger partial charge in [0.1, 0.15) is 6.61 Å². The molecular formula is C32H39NO5. The molecule has 0 saturated heterocycles. The van der Waals surface area contributed by atoms with Crippen LogP contribution >= 0.6 is 0 Å². The minimum Gasteiger partial charge on any atom is -0.487 e. The van der Waals surface area contributed by atoms with Crippen LogP contribution < -0.4 is 9.47 Å². The number of unbranched alkanes of at least 4 members (excludes halogenated alkanes) is 9. The molecule has 0 spiro atoms. The molecule has 0 bridgehead atoms. The van der Waals surface area contributed by atoms with E-state index in [0.717, 1.165) is 24.8 Å². The summed E-state index contributed by atoms with van der Waals surface area (Å²) in [6.45, 7) is 2.70. The van der Waals surface area contributed by atoms with Crippen molar-refractivity contribution in [3.05, 3.63) is 99.6 Å². The summed E-state index contributed by atoms with van der Waals surface area (Å²) in [5, 5.41) is 12.2. The molecule has 3 aromatic rings. The van der Waals surface area contributed by atoms with Crippen molar-refractivity contribution in [1.29, 1.82) is 0 Å². The van der Waals surface area contributed by atoms with Crippen LogP contribution in [0.25, 0.3) is 0 Å². The van der Waals surface area contributed by atoms with Crippen LogP contribution in [0.2, 0.25) is 0 Å². The zero-order valence-electron chi connectivity index (χ0n) is 22.4. The number of nitrogens with zero attached hydrogens (tertiary/aromatic N) is 1. The fourth-order valence-electron chi connectivity index (χ4n) is 4.41. The van der Waals surface area contributed by atoms with E-state index in [2.05, 4.69) is 6.92 Å². The summed E-state index contributed by atoms with van der Waals surface area (Å²) in [4.78, 5) is 25.0. The molecule has 0 heterocycles. The van der Waals surface area contributed by atoms with Gasteiger partial charge in [-0.05, 0) is 24.1 Å². The van der Waals surface area contributed by atoms with Crippen LogP contribution in [0.5, 0.6) is 11.5 Å². The number of rotatable bonds is 18. The Labute approximate surface area is 226 Å². The monoisotopic (exact) mass is 517 g/mol. The molecule has 3 rings (SSSR count). The topological polar surface area (TPSA) is 78.7 Å². The second-order valence-electron chi connectivity index (χ2n) is 9.55. The number of nitro benzene ring substituents is 1. The standard InChI is InChI=1S/C32H39NO5/c1-2-3-4-5-6-7-8-9-10-17-24-37-29-23-22-28(31(34)27-20-15-12-16-21-27)32(30(29)33(35)36)38-25-26-18-13-11-14-19-26/h11-16,18-23H,2-10,17,24-25H2,1H3. The lowest BCUT2D eigenvalue weighted by Crippen LogP contribution is -2.10. The lowest BCUT2D eigenvalue weighted by Gasteiger charge is -2.15. The average Bonchev–Trinajstić information content (AvgIpc) is 2.95. The summed E-state index contributed by atoms with van der Waals surface area (Å²) in [6.07, 6.45) is 12.0. The number of ether oxygens (including phenoxy) is 2. The van der Waals surface area contributed by atoms with E-state index in [1.807, 2.05) is 36.4 Å². The number of hydrogen-bond acceptors (Lipinski definition) is 5. The second kappa shape index (κ2) is 16.2. The molecule has 0 aliphatic heterocycles. The molecule has 0 radical (unpaired) electrons. The van der Waals surface area contributed by atoms with Crippen LogP contribution in [0.3, 0.4) is 0 Å². The lowest BCUT2D eigenvalue weighted by molar-refractivity contribution is -0.387. The van der Waals surface area contributed by atoms with Gasteiger partial charge in [0.25, 0.3) is 0 Å². The predicted molar refractivity (Wildman–Crippen MR) is 151 cm³/mol. The lowest BCUT2D eigenvalue weighted by atomic mass is 10.0. The van der Waals surface area contributed by atoms with E-state index >= 15 is 0 Å². The molecule has 0 saturated carbocycles. The van der Waals surface area contributed by atoms with Gasteiger partial charge in [-0.3, -0.25) is 14.9 Å². The van der Waals surface area contributed by atoms with Crippen molar-refractivity contribution in [1.82, 2.24) is 0 Å². The molecule has 0 fully saturated rings. The van der Waals surface area contributed by atoms with Crippen molar-refractivity contribution < 1.29 is 19.2 Å². The van der Waals surface area contributed by atoms with E-state index in [1.54, 1.807) is 30.3 Å². The van der Waals surface area contributed by atoms with Crippen LogP contribution in [-0.2, 0) is 6.61 Å². The first-order chi connectivity index (χ1) is 18.6. The Balaban J connectivity index is 1.68. The number of nitro groups is 1. The minimum atomic E-state index is -0.518. The van der Waals surface area contributed by atoms with E-state index in [4.69, 9.17) is 9.47 Å². The Hall–Kier alpha value is -3.67. The van der Waals surface area contributed by atoms with E-state index in [1.165, 1.54) is 51.0 Å². The molecule has 6 nitrogen and oxygen atoms in total. The molecule has 38 heavy (non-hydrogen) atoms. The van der Waals surface area contributed by atoms with Gasteiger partial charge in [-0.25, -0.2) is 0 Å². The molecule has 0 aliphatic carbocycles. The van der Waals surface area contributed by atoms with Gasteiger partial charge in [0.15, 0.2) is 5.78 Å². The summed E-state index contributed by atoms with van der Waals surface area (Å²) < 4.78 is 11.8. The third-order valence-electron chi connectivity index (χ3n) is 6.54. The molecule has 0 unspecified atom stereocenters. The van der Waals surface area contributed by atoms with Crippen LogP contribution in [-0.4, -0.2) is 17.3 Å². The Kier molecular flexibility index (Phi) is 12.3. The number of carbonyl (C=O) groups is 1. The minimum absolute atomic E-state index is 0.0618. The molecule has 3 aromatic carbocycles. The maximum atomic E-state index is 13.3. The van der Waals surface area contributed by atoms with E-state index in [9.17, 15) is 14.9 Å². The maximum Gasteiger partial charge on any atom is 0.353 e. The molecular weight excluding hydrogens is 478 g/mol. The summed E-state index contributed by atoms with van der Waals surface area (Å²) >= 11 is 0. The third kappa shape index (κ3) is 9.02. The quantitative estimate of drug-likeness (QED) is 0.0729. The van der Waals surface area contributed by atoms with Crippen LogP contribution in [0.4, 0.5) is 5.69 Å². The number of benzene rings is 3. The number of ketones is 1. The summed E-state index contributed by atoms with van der Waals surface area (Å²) in [6, 6.07) is 21.2. The van der Waals surface area contributed by atoms with Crippen molar-refractivity contribution >= 4 is 11.5 Å². The van der Waals surface area contributed by atoms with Gasteiger partial charge in [0.05, 0.1) is 17.1 Å². The summed E-state index contributed by atoms with van der Waals surface area (Å²) in [5.74, 6) is -0.273. The zero-order valence-corrected chi connectivity index (χ0v) is 22.4. The molecule has 0 aliphatic rings. The van der Waals surface area contributed by atoms with Crippen molar-refractivity contribution in [3.8, 4) is 11.5 Å². The largest absolute Gasteiger partial charge is 0.487 e. The fraction of sp³-hybridized carbons (Fsp3) is 0.406. The SMILES string of the molecule is CCCCCCCCCCCCOc1ccc(C(=O)c2ccccc2)c(OCc2ccccc2)c1[N+](=O)[O-]. The van der Waals surface area contributed by atoms with Crippen LogP contribution in [0.1, 0.15) is 92.6 Å². The van der Waals surface area contributed by atoms with Gasteiger partial charge in [-0.1, -0.05) is 125 Å². The van der Waals surface area contributed by atoms with Gasteiger partial charge >= 0.3 is 5.69 Å². The van der Waals surface area contributed by atoms with Crippen molar-refractivity contribution in [3.63, 3.8) is 0 Å². The smallest absolute Gasteiger partial charge is 0.353 e. The Morgan fingerprint density at radius 1 is 0.737 bits per heavy atom. The van der Waals surface area contributed by atoms with Crippen molar-refractivity contribution in [2.45, 2.75) is 77.7 Å². The van der Waals surface area contributed by atoms with Gasteiger partial charge in [-0.2, -0.15) is 0 Å². The molecule has 0 aromatic heterocycles. The second-order valence-corrected chi connectivity index (χ2v) is 9.55. The first-order valence-corrected chi connectivity index (χ1v) is 13.8. The van der Waals surface area contributed by atoms with Gasteiger partial charge in [0, 0.05) is 5.56 Å². The average molecular weight is 518 g/mol. The molecule has 0 atom stereocenters. The van der Waals surface area contributed by atoms with Crippen molar-refractivity contribution in [2.75, 3.05) is 6.61 Å². The van der Waals surface area contributed by atoms with Crippen molar-refractivity contribution in [2.24, 2.45) is 0 Å². The number of carbonyl (C=O) groups excluding carboxylic acids is 1. The third-order valence-corrected chi connectivity index (χ3v) is 6.54. The highest BCUT2D eigenvalue weighted by Gasteiger charge is 2.29. The van der Waals surface area contributed by atoms with Gasteiger partial charge in [0.2, 0.25) is 11.5 Å². The normalized spacial score (nSPS) is 10.8. The Morgan fingerprint density at radius 3 is 1.92 bits per heavy atom. The summed E-state index contributed by atoms with van der Waals surface area (Å²) in [7, 11) is 0. The zero-order chi connectivity index (χ0) is 27.0. The maximum absolute atomic E-state index is 13.3. The highest BCUT2D eigenvalue weighted by Crippen LogP contribution is 2.41. The van der Waals surface area contributed by atoms with Gasteiger partial charge < -0.3 is 9.47 Å². The highest BCUT2D eigenvalue weighted by molar-refractivity contribution is 6.11. The van der Waals surface area contributed by atoms with Gasteiger partial charge in [-0.15, -0.1) is 0 Å². The van der Waals surface area contributed by atoms with E-state index in [0.29, 0.717) is 12.2 Å². The predicted octanol–water partition coefficient (Wildman–Crippen LogP) is 8.70. The van der Waals surface area contributed by atoms with E-state index < -0.39 is 4.92 Å². The van der Waals surface area contributed by atoms with E-state index in [-0.39, 0.29) is 35.1 Å². The molecule has 6 heteroatoms. The molecule has 0 amide bonds.